The topological polar surface area (TPSA) is 78.9 Å². The summed E-state index contributed by atoms with van der Waals surface area (Å²) in [5, 5.41) is -0.877. The zero-order valence-corrected chi connectivity index (χ0v) is 23.1. The summed E-state index contributed by atoms with van der Waals surface area (Å²) < 4.78 is 33.7. The van der Waals surface area contributed by atoms with Gasteiger partial charge in [-0.05, 0) is 56.6 Å². The Morgan fingerprint density at radius 2 is 1.86 bits per heavy atom. The first kappa shape index (κ1) is 26.6. The van der Waals surface area contributed by atoms with Gasteiger partial charge in [0.15, 0.2) is 23.8 Å². The fraction of sp³-hybridized carbons (Fsp3) is 0.731. The molecule has 4 aliphatic carbocycles. The minimum atomic E-state index is -1.51. The van der Waals surface area contributed by atoms with Crippen molar-refractivity contribution in [1.82, 2.24) is 0 Å². The van der Waals surface area contributed by atoms with Crippen molar-refractivity contribution in [3.8, 4) is 0 Å². The summed E-state index contributed by atoms with van der Waals surface area (Å²) >= 11 is 21.0. The van der Waals surface area contributed by atoms with Crippen LogP contribution in [0.2, 0.25) is 0 Å². The van der Waals surface area contributed by atoms with Gasteiger partial charge in [0.2, 0.25) is 5.78 Å². The molecule has 6 nitrogen and oxygen atoms in total. The molecule has 0 N–H and O–H groups in total. The second kappa shape index (κ2) is 8.01. The van der Waals surface area contributed by atoms with Crippen LogP contribution in [0.25, 0.3) is 0 Å². The molecule has 5 aliphatic rings. The van der Waals surface area contributed by atoms with Crippen LogP contribution in [0.3, 0.4) is 0 Å². The molecule has 0 aromatic heterocycles. The summed E-state index contributed by atoms with van der Waals surface area (Å²) in [5.74, 6) is -3.27. The van der Waals surface area contributed by atoms with Crippen LogP contribution in [0.5, 0.6) is 0 Å². The van der Waals surface area contributed by atoms with Crippen LogP contribution in [0, 0.1) is 22.7 Å². The molecule has 36 heavy (non-hydrogen) atoms. The smallest absolute Gasteiger partial charge is 0.303 e. The maximum absolute atomic E-state index is 15.9. The summed E-state index contributed by atoms with van der Waals surface area (Å²) in [5.41, 5.74) is -3.26. The molecule has 10 heteroatoms. The van der Waals surface area contributed by atoms with Crippen molar-refractivity contribution in [2.75, 3.05) is 6.61 Å². The van der Waals surface area contributed by atoms with Crippen LogP contribution in [-0.2, 0) is 28.6 Å². The average Bonchev–Trinajstić information content (AvgIpc) is 3.18. The summed E-state index contributed by atoms with van der Waals surface area (Å²) in [4.78, 5) is 36.4. The Hall–Kier alpha value is -0.990. The average molecular weight is 564 g/mol. The van der Waals surface area contributed by atoms with Gasteiger partial charge in [-0.1, -0.05) is 31.5 Å². The molecular formula is C26H30Cl3FO6. The normalized spacial score (nSPS) is 48.7. The third-order valence-corrected chi connectivity index (χ3v) is 11.4. The number of ether oxygens (including phenoxy) is 3. The van der Waals surface area contributed by atoms with Gasteiger partial charge in [0, 0.05) is 17.8 Å². The predicted molar refractivity (Wildman–Crippen MR) is 132 cm³/mol. The summed E-state index contributed by atoms with van der Waals surface area (Å²) in [6.45, 7) is 7.95. The van der Waals surface area contributed by atoms with E-state index in [2.05, 4.69) is 0 Å². The number of hydrogen-bond acceptors (Lipinski definition) is 6. The van der Waals surface area contributed by atoms with Gasteiger partial charge in [0.1, 0.15) is 6.17 Å². The number of allylic oxidation sites excluding steroid dienone is 4. The summed E-state index contributed by atoms with van der Waals surface area (Å²) in [6.07, 6.45) is 1.47. The maximum atomic E-state index is 15.9. The van der Waals surface area contributed by atoms with E-state index in [4.69, 9.17) is 49.0 Å². The van der Waals surface area contributed by atoms with Crippen LogP contribution in [0.4, 0.5) is 4.39 Å². The van der Waals surface area contributed by atoms with Crippen molar-refractivity contribution in [2.45, 2.75) is 87.8 Å². The number of esters is 1. The Kier molecular flexibility index (Phi) is 5.92. The SMILES string of the molecule is CC(=O)OCC(=O)[C@@]12OC(C)(C)O[C@@H]1C[C@H]1[C@@H]3C[C@H](F)C4=C(Cl)C(=O)C=C[C@]4(C)[C@@]3(Cl)[C@@H](Cl)C[C@@]12C. The first-order chi connectivity index (χ1) is 16.5. The van der Waals surface area contributed by atoms with E-state index in [9.17, 15) is 14.4 Å². The molecule has 198 valence electrons. The van der Waals surface area contributed by atoms with Crippen molar-refractivity contribution < 1.29 is 33.0 Å². The molecule has 9 atom stereocenters. The van der Waals surface area contributed by atoms with Crippen molar-refractivity contribution in [3.63, 3.8) is 0 Å². The van der Waals surface area contributed by atoms with Crippen LogP contribution >= 0.6 is 34.8 Å². The lowest BCUT2D eigenvalue weighted by Crippen LogP contribution is -2.69. The van der Waals surface area contributed by atoms with Crippen molar-refractivity contribution in [3.05, 3.63) is 22.8 Å². The van der Waals surface area contributed by atoms with Gasteiger partial charge in [-0.25, -0.2) is 4.39 Å². The molecule has 0 radical (unpaired) electrons. The molecule has 0 unspecified atom stereocenters. The monoisotopic (exact) mass is 562 g/mol. The highest BCUT2D eigenvalue weighted by Gasteiger charge is 2.80. The van der Waals surface area contributed by atoms with Crippen molar-refractivity contribution in [1.29, 1.82) is 0 Å². The lowest BCUT2D eigenvalue weighted by atomic mass is 9.46. The number of Topliss-reactive ketones (excluding diaryl/α,β-unsaturated/α-hetero) is 1. The Bertz CT molecular complexity index is 1120. The number of fused-ring (bicyclic) bond motifs is 7. The Balaban J connectivity index is 1.63. The van der Waals surface area contributed by atoms with Gasteiger partial charge in [0.05, 0.1) is 21.4 Å². The number of halogens is 4. The molecule has 1 aliphatic heterocycles. The van der Waals surface area contributed by atoms with Gasteiger partial charge in [0.25, 0.3) is 0 Å². The van der Waals surface area contributed by atoms with E-state index in [0.29, 0.717) is 6.42 Å². The number of carbonyl (C=O) groups excluding carboxylic acids is 3. The first-order valence-corrected chi connectivity index (χ1v) is 13.4. The number of alkyl halides is 3. The minimum absolute atomic E-state index is 0.000427. The second-order valence-corrected chi connectivity index (χ2v) is 13.2. The molecular weight excluding hydrogens is 534 g/mol. The van der Waals surface area contributed by atoms with Gasteiger partial charge >= 0.3 is 5.97 Å². The highest BCUT2D eigenvalue weighted by atomic mass is 35.5. The number of ketones is 2. The fourth-order valence-electron chi connectivity index (χ4n) is 8.10. The van der Waals surface area contributed by atoms with E-state index in [-0.39, 0.29) is 29.4 Å². The van der Waals surface area contributed by atoms with Gasteiger partial charge in [-0.2, -0.15) is 0 Å². The van der Waals surface area contributed by atoms with Crippen molar-refractivity contribution in [2.24, 2.45) is 22.7 Å². The molecule has 1 saturated heterocycles. The number of carbonyl (C=O) groups is 3. The quantitative estimate of drug-likeness (QED) is 0.354. The zero-order chi connectivity index (χ0) is 26.6. The Morgan fingerprint density at radius 1 is 1.19 bits per heavy atom. The first-order valence-electron chi connectivity index (χ1n) is 12.2. The van der Waals surface area contributed by atoms with Crippen LogP contribution in [-0.4, -0.2) is 58.1 Å². The molecule has 0 aromatic rings. The van der Waals surface area contributed by atoms with E-state index in [1.807, 2.05) is 6.92 Å². The molecule has 1 heterocycles. The van der Waals surface area contributed by atoms with E-state index in [1.165, 1.54) is 13.0 Å². The fourth-order valence-corrected chi connectivity index (χ4v) is 9.67. The molecule has 0 spiro atoms. The van der Waals surface area contributed by atoms with Gasteiger partial charge in [-0.3, -0.25) is 14.4 Å². The summed E-state index contributed by atoms with van der Waals surface area (Å²) in [6, 6.07) is 0. The van der Waals surface area contributed by atoms with E-state index >= 15 is 4.39 Å². The molecule has 0 amide bonds. The second-order valence-electron chi connectivity index (χ2n) is 11.7. The third kappa shape index (κ3) is 3.13. The van der Waals surface area contributed by atoms with Crippen LogP contribution in [0.15, 0.2) is 22.8 Å². The van der Waals surface area contributed by atoms with Crippen molar-refractivity contribution >= 4 is 52.3 Å². The van der Waals surface area contributed by atoms with Crippen LogP contribution in [0.1, 0.15) is 53.9 Å². The Morgan fingerprint density at radius 3 is 2.50 bits per heavy atom. The zero-order valence-electron chi connectivity index (χ0n) is 20.8. The van der Waals surface area contributed by atoms with E-state index < -0.39 is 74.8 Å². The van der Waals surface area contributed by atoms with Gasteiger partial charge in [-0.15, -0.1) is 23.2 Å². The highest BCUT2D eigenvalue weighted by molar-refractivity contribution is 6.45. The molecule has 0 aromatic carbocycles. The number of rotatable bonds is 3. The van der Waals surface area contributed by atoms with E-state index in [0.717, 1.165) is 0 Å². The standard InChI is InChI=1S/C26H30Cl3FO6/c1-12(31)34-11-18(33)26-19(35-22(2,3)36-26)9-13-14-8-15(30)20-21(28)16(32)6-7-23(20,4)25(14,29)17(27)10-24(13,26)5/h6-7,13-15,17,19H,8-11H2,1-5H3/t13-,14-,15-,17-,19+,23-,24-,25-,26+/m0/s1. The highest BCUT2D eigenvalue weighted by Crippen LogP contribution is 2.74. The van der Waals surface area contributed by atoms with E-state index in [1.54, 1.807) is 26.8 Å². The van der Waals surface area contributed by atoms with Crippen LogP contribution < -0.4 is 0 Å². The minimum Gasteiger partial charge on any atom is -0.458 e. The molecule has 3 saturated carbocycles. The number of hydrogen-bond donors (Lipinski definition) is 0. The molecule has 4 fully saturated rings. The summed E-state index contributed by atoms with van der Waals surface area (Å²) in [7, 11) is 0. The maximum Gasteiger partial charge on any atom is 0.303 e. The van der Waals surface area contributed by atoms with Gasteiger partial charge < -0.3 is 14.2 Å². The lowest BCUT2D eigenvalue weighted by Gasteiger charge is -2.64. The third-order valence-electron chi connectivity index (χ3n) is 9.48. The largest absolute Gasteiger partial charge is 0.458 e. The predicted octanol–water partition coefficient (Wildman–Crippen LogP) is 5.02. The molecule has 0 bridgehead atoms. The molecule has 5 rings (SSSR count). The Labute approximate surface area is 224 Å². The lowest BCUT2D eigenvalue weighted by molar-refractivity contribution is -0.214.